The summed E-state index contributed by atoms with van der Waals surface area (Å²) < 4.78 is 6.00. The largest absolute Gasteiger partial charge is 0.495 e. The van der Waals surface area contributed by atoms with Crippen LogP contribution in [0.15, 0.2) is 40.9 Å². The van der Waals surface area contributed by atoms with E-state index in [1.54, 1.807) is 25.3 Å². The number of hydrogen-bond acceptors (Lipinski definition) is 2. The van der Waals surface area contributed by atoms with Gasteiger partial charge in [0.1, 0.15) is 5.75 Å². The molecule has 0 bridgehead atoms. The standard InChI is InChI=1S/C14H11BrCl2N2OS/c1-20-13-5-3-9(7-11(13)17)18-14(21)19-12-4-2-8(15)6-10(12)16/h2-7H,1H3,(H2,18,19,21). The Morgan fingerprint density at radius 1 is 1.10 bits per heavy atom. The zero-order valence-electron chi connectivity index (χ0n) is 10.9. The average molecular weight is 406 g/mol. The maximum absolute atomic E-state index is 6.12. The Kier molecular flexibility index (Phi) is 5.70. The Bertz CT molecular complexity index is 682. The van der Waals surface area contributed by atoms with Crippen molar-refractivity contribution in [3.8, 4) is 5.75 Å². The summed E-state index contributed by atoms with van der Waals surface area (Å²) >= 11 is 20.8. The summed E-state index contributed by atoms with van der Waals surface area (Å²) in [5.74, 6) is 0.608. The van der Waals surface area contributed by atoms with Crippen molar-refractivity contribution in [1.82, 2.24) is 0 Å². The molecule has 0 radical (unpaired) electrons. The van der Waals surface area contributed by atoms with Gasteiger partial charge in [0, 0.05) is 10.2 Å². The second kappa shape index (κ2) is 7.31. The number of nitrogens with one attached hydrogen (secondary N) is 2. The lowest BCUT2D eigenvalue weighted by atomic mass is 10.3. The van der Waals surface area contributed by atoms with Gasteiger partial charge in [0.2, 0.25) is 0 Å². The van der Waals surface area contributed by atoms with Crippen LogP contribution in [-0.4, -0.2) is 12.2 Å². The molecule has 3 nitrogen and oxygen atoms in total. The molecule has 0 fully saturated rings. The van der Waals surface area contributed by atoms with Gasteiger partial charge in [-0.15, -0.1) is 0 Å². The van der Waals surface area contributed by atoms with Crippen LogP contribution in [-0.2, 0) is 0 Å². The molecule has 0 unspecified atom stereocenters. The lowest BCUT2D eigenvalue weighted by Gasteiger charge is -2.13. The minimum atomic E-state index is 0.417. The zero-order chi connectivity index (χ0) is 15.4. The lowest BCUT2D eigenvalue weighted by molar-refractivity contribution is 0.415. The Hall–Kier alpha value is -1.01. The van der Waals surface area contributed by atoms with Crippen LogP contribution >= 0.6 is 51.3 Å². The number of ether oxygens (including phenoxy) is 1. The van der Waals surface area contributed by atoms with E-state index in [2.05, 4.69) is 26.6 Å². The van der Waals surface area contributed by atoms with E-state index in [1.165, 1.54) is 0 Å². The molecular weight excluding hydrogens is 395 g/mol. The summed E-state index contributed by atoms with van der Waals surface area (Å²) in [6, 6.07) is 10.8. The molecule has 0 atom stereocenters. The first kappa shape index (κ1) is 16.4. The van der Waals surface area contributed by atoms with Gasteiger partial charge in [0.15, 0.2) is 5.11 Å². The van der Waals surface area contributed by atoms with Crippen LogP contribution in [0.3, 0.4) is 0 Å². The second-order valence-electron chi connectivity index (χ2n) is 4.05. The van der Waals surface area contributed by atoms with Crippen LogP contribution in [0.25, 0.3) is 0 Å². The smallest absolute Gasteiger partial charge is 0.175 e. The number of benzene rings is 2. The van der Waals surface area contributed by atoms with Gasteiger partial charge in [-0.05, 0) is 48.6 Å². The maximum Gasteiger partial charge on any atom is 0.175 e. The zero-order valence-corrected chi connectivity index (χ0v) is 14.8. The van der Waals surface area contributed by atoms with Crippen LogP contribution < -0.4 is 15.4 Å². The van der Waals surface area contributed by atoms with Gasteiger partial charge in [-0.25, -0.2) is 0 Å². The van der Waals surface area contributed by atoms with Crippen molar-refractivity contribution >= 4 is 67.8 Å². The molecule has 0 aliphatic carbocycles. The minimum absolute atomic E-state index is 0.417. The first-order chi connectivity index (χ1) is 9.99. The number of methoxy groups -OCH3 is 1. The fraction of sp³-hybridized carbons (Fsp3) is 0.0714. The van der Waals surface area contributed by atoms with E-state index in [0.717, 1.165) is 15.8 Å². The van der Waals surface area contributed by atoms with Gasteiger partial charge in [0.25, 0.3) is 0 Å². The molecule has 21 heavy (non-hydrogen) atoms. The second-order valence-corrected chi connectivity index (χ2v) is 6.19. The third-order valence-electron chi connectivity index (χ3n) is 2.59. The van der Waals surface area contributed by atoms with Crippen LogP contribution in [0.1, 0.15) is 0 Å². The molecular formula is C14H11BrCl2N2OS. The predicted octanol–water partition coefficient (Wildman–Crippen LogP) is 5.57. The molecule has 2 aromatic rings. The van der Waals surface area contributed by atoms with Crippen molar-refractivity contribution in [3.05, 3.63) is 50.9 Å². The molecule has 110 valence electrons. The van der Waals surface area contributed by atoms with E-state index in [9.17, 15) is 0 Å². The van der Waals surface area contributed by atoms with E-state index in [0.29, 0.717) is 20.9 Å². The van der Waals surface area contributed by atoms with E-state index in [4.69, 9.17) is 40.2 Å². The van der Waals surface area contributed by atoms with Gasteiger partial charge < -0.3 is 15.4 Å². The SMILES string of the molecule is COc1ccc(NC(=S)Nc2ccc(Br)cc2Cl)cc1Cl. The van der Waals surface area contributed by atoms with Crippen molar-refractivity contribution in [1.29, 1.82) is 0 Å². The van der Waals surface area contributed by atoms with Crippen LogP contribution in [0.5, 0.6) is 5.75 Å². The fourth-order valence-electron chi connectivity index (χ4n) is 1.62. The van der Waals surface area contributed by atoms with Crippen molar-refractivity contribution in [2.45, 2.75) is 0 Å². The number of anilines is 2. The van der Waals surface area contributed by atoms with Gasteiger partial charge in [-0.1, -0.05) is 39.1 Å². The highest BCUT2D eigenvalue weighted by atomic mass is 79.9. The van der Waals surface area contributed by atoms with Gasteiger partial charge in [-0.2, -0.15) is 0 Å². The number of halogens is 3. The Morgan fingerprint density at radius 2 is 1.86 bits per heavy atom. The van der Waals surface area contributed by atoms with Crippen LogP contribution in [0.2, 0.25) is 10.0 Å². The number of hydrogen-bond donors (Lipinski definition) is 2. The topological polar surface area (TPSA) is 33.3 Å². The third-order valence-corrected chi connectivity index (χ3v) is 3.89. The minimum Gasteiger partial charge on any atom is -0.495 e. The lowest BCUT2D eigenvalue weighted by Crippen LogP contribution is -2.19. The summed E-state index contributed by atoms with van der Waals surface area (Å²) in [6.45, 7) is 0. The van der Waals surface area contributed by atoms with Gasteiger partial charge in [-0.3, -0.25) is 0 Å². The summed E-state index contributed by atoms with van der Waals surface area (Å²) in [5, 5.41) is 7.56. The molecule has 7 heteroatoms. The number of rotatable bonds is 3. The first-order valence-electron chi connectivity index (χ1n) is 5.86. The van der Waals surface area contributed by atoms with Gasteiger partial charge >= 0.3 is 0 Å². The molecule has 2 N–H and O–H groups in total. The third kappa shape index (κ3) is 4.48. The Balaban J connectivity index is 2.06. The highest BCUT2D eigenvalue weighted by Crippen LogP contribution is 2.28. The van der Waals surface area contributed by atoms with E-state index in [-0.39, 0.29) is 0 Å². The van der Waals surface area contributed by atoms with E-state index >= 15 is 0 Å². The highest BCUT2D eigenvalue weighted by Gasteiger charge is 2.06. The molecule has 0 aromatic heterocycles. The molecule has 0 saturated heterocycles. The van der Waals surface area contributed by atoms with Crippen LogP contribution in [0.4, 0.5) is 11.4 Å². The Labute approximate surface area is 146 Å². The summed E-state index contributed by atoms with van der Waals surface area (Å²) in [4.78, 5) is 0. The maximum atomic E-state index is 6.12. The molecule has 0 heterocycles. The van der Waals surface area contributed by atoms with Crippen LogP contribution in [0, 0.1) is 0 Å². The van der Waals surface area contributed by atoms with Crippen molar-refractivity contribution in [3.63, 3.8) is 0 Å². The van der Waals surface area contributed by atoms with Crippen molar-refractivity contribution < 1.29 is 4.74 Å². The number of thiocarbonyl (C=S) groups is 1. The molecule has 0 amide bonds. The van der Waals surface area contributed by atoms with Gasteiger partial charge in [0.05, 0.1) is 22.8 Å². The Morgan fingerprint density at radius 3 is 2.48 bits per heavy atom. The molecule has 0 aliphatic heterocycles. The van der Waals surface area contributed by atoms with E-state index in [1.807, 2.05) is 18.2 Å². The summed E-state index contributed by atoms with van der Waals surface area (Å²) in [7, 11) is 1.57. The first-order valence-corrected chi connectivity index (χ1v) is 7.82. The quantitative estimate of drug-likeness (QED) is 0.653. The molecule has 0 spiro atoms. The fourth-order valence-corrected chi connectivity index (χ4v) is 2.83. The summed E-state index contributed by atoms with van der Waals surface area (Å²) in [5.41, 5.74) is 1.48. The van der Waals surface area contributed by atoms with Crippen molar-refractivity contribution in [2.75, 3.05) is 17.7 Å². The molecule has 0 saturated carbocycles. The average Bonchev–Trinajstić information content (AvgIpc) is 2.42. The normalized spacial score (nSPS) is 10.1. The van der Waals surface area contributed by atoms with Crippen molar-refractivity contribution in [2.24, 2.45) is 0 Å². The predicted molar refractivity (Wildman–Crippen MR) is 97.0 cm³/mol. The molecule has 2 rings (SSSR count). The monoisotopic (exact) mass is 404 g/mol. The summed E-state index contributed by atoms with van der Waals surface area (Å²) in [6.07, 6.45) is 0. The molecule has 0 aliphatic rings. The highest BCUT2D eigenvalue weighted by molar-refractivity contribution is 9.10. The van der Waals surface area contributed by atoms with E-state index < -0.39 is 0 Å². The molecule has 2 aromatic carbocycles.